The van der Waals surface area contributed by atoms with E-state index in [0.717, 1.165) is 32.0 Å². The van der Waals surface area contributed by atoms with E-state index < -0.39 is 0 Å². The van der Waals surface area contributed by atoms with Crippen molar-refractivity contribution < 1.29 is 4.79 Å². The molecule has 1 saturated heterocycles. The van der Waals surface area contributed by atoms with Crippen molar-refractivity contribution in [3.05, 3.63) is 0 Å². The summed E-state index contributed by atoms with van der Waals surface area (Å²) >= 11 is 0. The summed E-state index contributed by atoms with van der Waals surface area (Å²) < 4.78 is 0. The molecule has 1 saturated carbocycles. The van der Waals surface area contributed by atoms with Gasteiger partial charge in [0, 0.05) is 39.1 Å². The fourth-order valence-electron chi connectivity index (χ4n) is 2.40. The van der Waals surface area contributed by atoms with Crippen molar-refractivity contribution in [2.45, 2.75) is 25.7 Å². The van der Waals surface area contributed by atoms with Crippen LogP contribution in [-0.4, -0.2) is 55.0 Å². The number of carbonyl (C=O) groups excluding carboxylic acids is 1. The largest absolute Gasteiger partial charge is 0.301 e. The molecule has 2 rings (SSSR count). The molecule has 1 aliphatic carbocycles. The van der Waals surface area contributed by atoms with E-state index in [1.807, 2.05) is 0 Å². The van der Waals surface area contributed by atoms with Gasteiger partial charge in [-0.2, -0.15) is 0 Å². The Morgan fingerprint density at radius 1 is 1.18 bits per heavy atom. The predicted octanol–water partition coefficient (Wildman–Crippen LogP) is -0.216. The monoisotopic (exact) mass is 240 g/mol. The van der Waals surface area contributed by atoms with Crippen LogP contribution in [0.1, 0.15) is 25.7 Å². The lowest BCUT2D eigenvalue weighted by Crippen LogP contribution is -2.47. The summed E-state index contributed by atoms with van der Waals surface area (Å²) in [6.45, 7) is 7.02. The van der Waals surface area contributed by atoms with Gasteiger partial charge in [0.2, 0.25) is 5.91 Å². The first-order chi connectivity index (χ1) is 8.28. The quantitative estimate of drug-likeness (QED) is 0.383. The molecule has 0 spiro atoms. The van der Waals surface area contributed by atoms with Gasteiger partial charge in [-0.15, -0.1) is 0 Å². The minimum atomic E-state index is -0.0580. The zero-order chi connectivity index (χ0) is 12.1. The molecule has 5 nitrogen and oxygen atoms in total. The van der Waals surface area contributed by atoms with Crippen molar-refractivity contribution in [3.8, 4) is 0 Å². The highest BCUT2D eigenvalue weighted by Crippen LogP contribution is 2.29. The first kappa shape index (κ1) is 12.8. The van der Waals surface area contributed by atoms with Crippen molar-refractivity contribution in [2.75, 3.05) is 39.3 Å². The van der Waals surface area contributed by atoms with Crippen LogP contribution in [0.3, 0.4) is 0 Å². The van der Waals surface area contributed by atoms with E-state index in [1.165, 1.54) is 32.5 Å². The lowest BCUT2D eigenvalue weighted by atomic mass is 10.2. The number of amides is 1. The second-order valence-corrected chi connectivity index (χ2v) is 5.26. The van der Waals surface area contributed by atoms with Crippen molar-refractivity contribution in [1.29, 1.82) is 0 Å². The maximum absolute atomic E-state index is 11.0. The summed E-state index contributed by atoms with van der Waals surface area (Å²) in [6, 6.07) is 0. The van der Waals surface area contributed by atoms with E-state index in [-0.39, 0.29) is 5.91 Å². The van der Waals surface area contributed by atoms with Crippen LogP contribution in [0.15, 0.2) is 0 Å². The van der Waals surface area contributed by atoms with E-state index in [4.69, 9.17) is 5.84 Å². The highest BCUT2D eigenvalue weighted by molar-refractivity contribution is 5.75. The Kier molecular flexibility index (Phi) is 4.76. The van der Waals surface area contributed by atoms with Crippen LogP contribution >= 0.6 is 0 Å². The maximum Gasteiger partial charge on any atom is 0.233 e. The molecular weight excluding hydrogens is 216 g/mol. The molecule has 0 bridgehead atoms. The van der Waals surface area contributed by atoms with Crippen LogP contribution in [0.5, 0.6) is 0 Å². The summed E-state index contributed by atoms with van der Waals surface area (Å²) in [6.07, 6.45) is 4.33. The fourth-order valence-corrected chi connectivity index (χ4v) is 2.40. The third-order valence-electron chi connectivity index (χ3n) is 3.72. The number of carbonyl (C=O) groups is 1. The highest BCUT2D eigenvalue weighted by Gasteiger charge is 2.26. The molecule has 98 valence electrons. The first-order valence-electron chi connectivity index (χ1n) is 6.72. The van der Waals surface area contributed by atoms with E-state index in [0.29, 0.717) is 6.42 Å². The summed E-state index contributed by atoms with van der Waals surface area (Å²) in [5.74, 6) is 5.98. The minimum absolute atomic E-state index is 0.0580. The topological polar surface area (TPSA) is 61.6 Å². The Morgan fingerprint density at radius 2 is 1.82 bits per heavy atom. The molecule has 1 heterocycles. The lowest BCUT2D eigenvalue weighted by molar-refractivity contribution is -0.121. The zero-order valence-electron chi connectivity index (χ0n) is 10.5. The second kappa shape index (κ2) is 6.33. The average Bonchev–Trinajstić information content (AvgIpc) is 3.15. The molecule has 1 amide bonds. The van der Waals surface area contributed by atoms with Gasteiger partial charge in [0.25, 0.3) is 0 Å². The number of nitrogens with two attached hydrogens (primary N) is 1. The molecule has 2 fully saturated rings. The molecule has 1 aliphatic heterocycles. The van der Waals surface area contributed by atoms with Gasteiger partial charge in [0.1, 0.15) is 0 Å². The fraction of sp³-hybridized carbons (Fsp3) is 0.917. The number of nitrogens with zero attached hydrogens (tertiary/aromatic N) is 2. The minimum Gasteiger partial charge on any atom is -0.301 e. The third-order valence-corrected chi connectivity index (χ3v) is 3.72. The standard InChI is InChI=1S/C12H24N4O/c13-14-12(17)2-1-5-15-6-8-16(9-7-15)10-11-3-4-11/h11H,1-10,13H2,(H,14,17). The van der Waals surface area contributed by atoms with Crippen LogP contribution < -0.4 is 11.3 Å². The van der Waals surface area contributed by atoms with Crippen LogP contribution in [0.4, 0.5) is 0 Å². The van der Waals surface area contributed by atoms with Gasteiger partial charge in [-0.3, -0.25) is 10.2 Å². The number of hydrogen-bond acceptors (Lipinski definition) is 4. The Hall–Kier alpha value is -0.650. The van der Waals surface area contributed by atoms with Crippen LogP contribution in [0.25, 0.3) is 0 Å². The maximum atomic E-state index is 11.0. The molecule has 0 aromatic rings. The number of hydrogen-bond donors (Lipinski definition) is 2. The first-order valence-corrected chi connectivity index (χ1v) is 6.72. The van der Waals surface area contributed by atoms with Crippen LogP contribution in [-0.2, 0) is 4.79 Å². The van der Waals surface area contributed by atoms with E-state index in [2.05, 4.69) is 15.2 Å². The summed E-state index contributed by atoms with van der Waals surface area (Å²) in [7, 11) is 0. The molecule has 0 aromatic heterocycles. The van der Waals surface area contributed by atoms with E-state index in [1.54, 1.807) is 0 Å². The number of hydrazine groups is 1. The second-order valence-electron chi connectivity index (χ2n) is 5.26. The smallest absolute Gasteiger partial charge is 0.233 e. The number of rotatable bonds is 6. The number of nitrogens with one attached hydrogen (secondary N) is 1. The lowest BCUT2D eigenvalue weighted by Gasteiger charge is -2.34. The molecule has 0 unspecified atom stereocenters. The molecule has 0 atom stereocenters. The van der Waals surface area contributed by atoms with Gasteiger partial charge in [-0.05, 0) is 31.7 Å². The van der Waals surface area contributed by atoms with Crippen LogP contribution in [0.2, 0.25) is 0 Å². The Morgan fingerprint density at radius 3 is 2.41 bits per heavy atom. The summed E-state index contributed by atoms with van der Waals surface area (Å²) in [5, 5.41) is 0. The zero-order valence-corrected chi connectivity index (χ0v) is 10.5. The van der Waals surface area contributed by atoms with Gasteiger partial charge < -0.3 is 9.80 Å². The number of piperazine rings is 1. The van der Waals surface area contributed by atoms with Gasteiger partial charge in [0.15, 0.2) is 0 Å². The van der Waals surface area contributed by atoms with E-state index in [9.17, 15) is 4.79 Å². The summed E-state index contributed by atoms with van der Waals surface area (Å²) in [4.78, 5) is 16.0. The third kappa shape index (κ3) is 4.61. The molecule has 17 heavy (non-hydrogen) atoms. The SMILES string of the molecule is NNC(=O)CCCN1CCN(CC2CC2)CC1. The molecule has 0 radical (unpaired) electrons. The van der Waals surface area contributed by atoms with Gasteiger partial charge in [-0.1, -0.05) is 0 Å². The van der Waals surface area contributed by atoms with Crippen molar-refractivity contribution in [1.82, 2.24) is 15.2 Å². The van der Waals surface area contributed by atoms with Crippen molar-refractivity contribution in [3.63, 3.8) is 0 Å². The van der Waals surface area contributed by atoms with Gasteiger partial charge in [-0.25, -0.2) is 5.84 Å². The molecule has 5 heteroatoms. The van der Waals surface area contributed by atoms with Crippen molar-refractivity contribution in [2.24, 2.45) is 11.8 Å². The molecule has 2 aliphatic rings. The average molecular weight is 240 g/mol. The Bertz CT molecular complexity index is 247. The van der Waals surface area contributed by atoms with Gasteiger partial charge >= 0.3 is 0 Å². The normalized spacial score (nSPS) is 22.6. The highest BCUT2D eigenvalue weighted by atomic mass is 16.2. The van der Waals surface area contributed by atoms with Gasteiger partial charge in [0.05, 0.1) is 0 Å². The molecule has 0 aromatic carbocycles. The van der Waals surface area contributed by atoms with E-state index >= 15 is 0 Å². The van der Waals surface area contributed by atoms with Crippen molar-refractivity contribution >= 4 is 5.91 Å². The van der Waals surface area contributed by atoms with Crippen LogP contribution in [0, 0.1) is 5.92 Å². The Labute approximate surface area is 103 Å². The molecule has 3 N–H and O–H groups in total. The Balaban J connectivity index is 1.53. The summed E-state index contributed by atoms with van der Waals surface area (Å²) in [5.41, 5.74) is 2.17. The molecular formula is C12H24N4O. The predicted molar refractivity (Wildman–Crippen MR) is 67.2 cm³/mol.